The molecule has 1 aliphatic heterocycles. The highest BCUT2D eigenvalue weighted by Crippen LogP contribution is 2.33. The van der Waals surface area contributed by atoms with E-state index >= 15 is 0 Å². The summed E-state index contributed by atoms with van der Waals surface area (Å²) in [6.45, 7) is 5.93. The zero-order valence-corrected chi connectivity index (χ0v) is 14.0. The van der Waals surface area contributed by atoms with Crippen LogP contribution in [0.4, 0.5) is 10.2 Å². The molecule has 0 bridgehead atoms. The van der Waals surface area contributed by atoms with Crippen LogP contribution in [0.2, 0.25) is 0 Å². The second-order valence-corrected chi connectivity index (χ2v) is 8.01. The molecule has 0 unspecified atom stereocenters. The Hall–Kier alpha value is -2.02. The first-order valence-electron chi connectivity index (χ1n) is 7.29. The van der Waals surface area contributed by atoms with Crippen molar-refractivity contribution in [2.75, 3.05) is 5.32 Å². The third-order valence-corrected chi connectivity index (χ3v) is 4.83. The Labute approximate surface area is 136 Å². The predicted molar refractivity (Wildman–Crippen MR) is 87.1 cm³/mol. The minimum absolute atomic E-state index is 0.236. The standard InChI is InChI=1S/C16H18FN3O2S/c1-16(2,3)20-14(12-8-23(22)9-13(12)19-20)18-15(21)10-5-4-6-11(17)7-10/h4-7H,8-9H2,1-3H3,(H,18,21)/t23-/m1/s1. The Morgan fingerprint density at radius 1 is 1.35 bits per heavy atom. The average molecular weight is 335 g/mol. The molecule has 0 fully saturated rings. The van der Waals surface area contributed by atoms with E-state index in [0.29, 0.717) is 17.3 Å². The van der Waals surface area contributed by atoms with Crippen LogP contribution in [0.5, 0.6) is 0 Å². The quantitative estimate of drug-likeness (QED) is 0.918. The first kappa shape index (κ1) is 15.9. The van der Waals surface area contributed by atoms with Crippen LogP contribution >= 0.6 is 0 Å². The Balaban J connectivity index is 1.99. The van der Waals surface area contributed by atoms with E-state index in [1.165, 1.54) is 18.2 Å². The Bertz CT molecular complexity index is 808. The number of hydrogen-bond donors (Lipinski definition) is 1. The van der Waals surface area contributed by atoms with Gasteiger partial charge in [-0.15, -0.1) is 0 Å². The van der Waals surface area contributed by atoms with Gasteiger partial charge >= 0.3 is 0 Å². The third-order valence-electron chi connectivity index (χ3n) is 3.62. The topological polar surface area (TPSA) is 64.0 Å². The van der Waals surface area contributed by atoms with Gasteiger partial charge in [0, 0.05) is 21.9 Å². The predicted octanol–water partition coefficient (Wildman–Crippen LogP) is 2.79. The molecule has 1 amide bonds. The fourth-order valence-electron chi connectivity index (χ4n) is 2.55. The molecule has 0 saturated heterocycles. The molecule has 0 spiro atoms. The van der Waals surface area contributed by atoms with Crippen molar-refractivity contribution >= 4 is 22.5 Å². The fraction of sp³-hybridized carbons (Fsp3) is 0.375. The molecular formula is C16H18FN3O2S. The van der Waals surface area contributed by atoms with Crippen molar-refractivity contribution in [3.8, 4) is 0 Å². The molecule has 1 aliphatic rings. The molecule has 1 aromatic carbocycles. The molecule has 2 aromatic rings. The van der Waals surface area contributed by atoms with Crippen LogP contribution in [0.15, 0.2) is 24.3 Å². The van der Waals surface area contributed by atoms with Crippen molar-refractivity contribution < 1.29 is 13.4 Å². The van der Waals surface area contributed by atoms with Crippen LogP contribution in [0, 0.1) is 5.82 Å². The zero-order chi connectivity index (χ0) is 16.8. The number of hydrogen-bond acceptors (Lipinski definition) is 3. The smallest absolute Gasteiger partial charge is 0.256 e. The number of carbonyl (C=O) groups excluding carboxylic acids is 1. The van der Waals surface area contributed by atoms with E-state index in [1.54, 1.807) is 10.7 Å². The number of carbonyl (C=O) groups is 1. The van der Waals surface area contributed by atoms with Crippen molar-refractivity contribution in [1.82, 2.24) is 9.78 Å². The summed E-state index contributed by atoms with van der Waals surface area (Å²) in [7, 11) is -0.984. The van der Waals surface area contributed by atoms with Gasteiger partial charge in [-0.3, -0.25) is 9.00 Å². The maximum Gasteiger partial charge on any atom is 0.256 e. The molecule has 1 atom stereocenters. The van der Waals surface area contributed by atoms with E-state index in [4.69, 9.17) is 0 Å². The summed E-state index contributed by atoms with van der Waals surface area (Å²) in [5.41, 5.74) is 1.46. The number of amides is 1. The number of rotatable bonds is 2. The third kappa shape index (κ3) is 3.06. The summed E-state index contributed by atoms with van der Waals surface area (Å²) < 4.78 is 26.8. The second kappa shape index (κ2) is 5.56. The van der Waals surface area contributed by atoms with Gasteiger partial charge in [-0.05, 0) is 39.0 Å². The molecule has 7 heteroatoms. The highest BCUT2D eigenvalue weighted by Gasteiger charge is 2.31. The average Bonchev–Trinajstić information content (AvgIpc) is 2.96. The van der Waals surface area contributed by atoms with Gasteiger partial charge < -0.3 is 5.32 Å². The highest BCUT2D eigenvalue weighted by atomic mass is 32.2. The molecular weight excluding hydrogens is 317 g/mol. The lowest BCUT2D eigenvalue weighted by Crippen LogP contribution is -2.27. The fourth-order valence-corrected chi connectivity index (χ4v) is 3.82. The first-order chi connectivity index (χ1) is 10.8. The van der Waals surface area contributed by atoms with Crippen molar-refractivity contribution in [2.24, 2.45) is 0 Å². The molecule has 122 valence electrons. The number of nitrogens with zero attached hydrogens (tertiary/aromatic N) is 2. The van der Waals surface area contributed by atoms with Crippen LogP contribution in [-0.2, 0) is 27.8 Å². The number of benzene rings is 1. The van der Waals surface area contributed by atoms with E-state index in [9.17, 15) is 13.4 Å². The van der Waals surface area contributed by atoms with Gasteiger partial charge in [0.25, 0.3) is 5.91 Å². The molecule has 3 rings (SSSR count). The summed E-state index contributed by atoms with van der Waals surface area (Å²) in [5, 5.41) is 7.33. The lowest BCUT2D eigenvalue weighted by Gasteiger charge is -2.23. The Kier molecular flexibility index (Phi) is 3.83. The summed E-state index contributed by atoms with van der Waals surface area (Å²) >= 11 is 0. The van der Waals surface area contributed by atoms with E-state index < -0.39 is 22.5 Å². The van der Waals surface area contributed by atoms with Crippen molar-refractivity contribution in [2.45, 2.75) is 37.8 Å². The van der Waals surface area contributed by atoms with Gasteiger partial charge in [-0.2, -0.15) is 5.10 Å². The molecule has 0 saturated carbocycles. The monoisotopic (exact) mass is 335 g/mol. The van der Waals surface area contributed by atoms with Crippen molar-refractivity contribution in [3.63, 3.8) is 0 Å². The summed E-state index contributed by atoms with van der Waals surface area (Å²) in [6.07, 6.45) is 0. The maximum atomic E-state index is 13.3. The van der Waals surface area contributed by atoms with Crippen LogP contribution in [-0.4, -0.2) is 19.9 Å². The number of nitrogens with one attached hydrogen (secondary N) is 1. The normalized spacial score (nSPS) is 17.1. The number of fused-ring (bicyclic) bond motifs is 1. The van der Waals surface area contributed by atoms with Crippen LogP contribution in [0.3, 0.4) is 0 Å². The zero-order valence-electron chi connectivity index (χ0n) is 13.2. The maximum absolute atomic E-state index is 13.3. The van der Waals surface area contributed by atoms with Gasteiger partial charge in [0.05, 0.1) is 22.7 Å². The van der Waals surface area contributed by atoms with Gasteiger partial charge in [0.1, 0.15) is 11.6 Å². The van der Waals surface area contributed by atoms with Gasteiger partial charge in [-0.25, -0.2) is 9.07 Å². The lowest BCUT2D eigenvalue weighted by atomic mass is 10.1. The van der Waals surface area contributed by atoms with Crippen LogP contribution < -0.4 is 5.32 Å². The van der Waals surface area contributed by atoms with Crippen molar-refractivity contribution in [1.29, 1.82) is 0 Å². The van der Waals surface area contributed by atoms with Gasteiger partial charge in [-0.1, -0.05) is 6.07 Å². The Morgan fingerprint density at radius 3 is 2.74 bits per heavy atom. The lowest BCUT2D eigenvalue weighted by molar-refractivity contribution is 0.102. The van der Waals surface area contributed by atoms with Crippen LogP contribution in [0.25, 0.3) is 0 Å². The molecule has 0 aliphatic carbocycles. The molecule has 23 heavy (non-hydrogen) atoms. The second-order valence-electron chi connectivity index (χ2n) is 6.55. The largest absolute Gasteiger partial charge is 0.306 e. The van der Waals surface area contributed by atoms with E-state index in [0.717, 1.165) is 11.3 Å². The molecule has 1 N–H and O–H groups in total. The minimum Gasteiger partial charge on any atom is -0.306 e. The summed E-state index contributed by atoms with van der Waals surface area (Å²) in [5.74, 6) is 0.460. The first-order valence-corrected chi connectivity index (χ1v) is 8.77. The minimum atomic E-state index is -0.984. The summed E-state index contributed by atoms with van der Waals surface area (Å²) in [6, 6.07) is 5.52. The van der Waals surface area contributed by atoms with E-state index in [1.807, 2.05) is 20.8 Å². The van der Waals surface area contributed by atoms with E-state index in [-0.39, 0.29) is 11.1 Å². The number of aromatic nitrogens is 2. The van der Waals surface area contributed by atoms with Gasteiger partial charge in [0.2, 0.25) is 0 Å². The number of anilines is 1. The van der Waals surface area contributed by atoms with E-state index in [2.05, 4.69) is 10.4 Å². The van der Waals surface area contributed by atoms with Gasteiger partial charge in [0.15, 0.2) is 0 Å². The Morgan fingerprint density at radius 2 is 2.09 bits per heavy atom. The SMILES string of the molecule is CC(C)(C)n1nc2c(c1NC(=O)c1cccc(F)c1)C[S@@](=O)C2. The molecule has 2 heterocycles. The number of halogens is 1. The molecule has 1 aromatic heterocycles. The highest BCUT2D eigenvalue weighted by molar-refractivity contribution is 7.83. The molecule has 0 radical (unpaired) electrons. The van der Waals surface area contributed by atoms with Crippen molar-refractivity contribution in [3.05, 3.63) is 46.9 Å². The van der Waals surface area contributed by atoms with Crippen LogP contribution in [0.1, 0.15) is 42.4 Å². The summed E-state index contributed by atoms with van der Waals surface area (Å²) in [4.78, 5) is 12.4. The molecule has 5 nitrogen and oxygen atoms in total.